The molecule has 5 nitrogen and oxygen atoms in total. The van der Waals surface area contributed by atoms with Crippen LogP contribution in [0.1, 0.15) is 27.7 Å². The molecule has 0 aromatic carbocycles. The number of hydrogen-bond donors (Lipinski definition) is 2. The molecule has 0 amide bonds. The molecule has 0 saturated carbocycles. The number of hydrogen-bond acceptors (Lipinski definition) is 4. The largest absolute Gasteiger partial charge is 0.378 e. The molecule has 20 heavy (non-hydrogen) atoms. The van der Waals surface area contributed by atoms with E-state index in [-0.39, 0.29) is 36.0 Å². The highest BCUT2D eigenvalue weighted by atomic mass is 32.7. The van der Waals surface area contributed by atoms with Gasteiger partial charge in [-0.25, -0.2) is 0 Å². The van der Waals surface area contributed by atoms with E-state index in [1.807, 2.05) is 35.5 Å². The maximum absolute atomic E-state index is 12.5. The molecule has 0 aromatic rings. The Morgan fingerprint density at radius 3 is 2.45 bits per heavy atom. The van der Waals surface area contributed by atoms with Gasteiger partial charge in [-0.2, -0.15) is 0 Å². The minimum atomic E-state index is -2.75. The van der Waals surface area contributed by atoms with Gasteiger partial charge in [0.25, 0.3) is 0 Å². The molecule has 8 heteroatoms. The molecule has 1 aliphatic heterocycles. The van der Waals surface area contributed by atoms with Crippen LogP contribution in [0.5, 0.6) is 0 Å². The summed E-state index contributed by atoms with van der Waals surface area (Å²) in [7, 11) is 3.60. The Kier molecular flexibility index (Phi) is 7.10. The van der Waals surface area contributed by atoms with Crippen molar-refractivity contribution in [2.24, 2.45) is 0 Å². The Balaban J connectivity index is 2.80. The van der Waals surface area contributed by atoms with Gasteiger partial charge in [0.05, 0.1) is 37.0 Å². The van der Waals surface area contributed by atoms with E-state index in [4.69, 9.17) is 14.2 Å². The maximum atomic E-state index is 12.5. The first-order valence-corrected chi connectivity index (χ1v) is 10.0. The minimum Gasteiger partial charge on any atom is -0.378 e. The van der Waals surface area contributed by atoms with E-state index in [0.717, 1.165) is 0 Å². The number of ether oxygens (including phenoxy) is 3. The lowest BCUT2D eigenvalue weighted by molar-refractivity contribution is -0.0229. The van der Waals surface area contributed by atoms with Gasteiger partial charge in [-0.15, -0.1) is 0 Å². The topological polar surface area (TPSA) is 56.8 Å². The predicted octanol–water partition coefficient (Wildman–Crippen LogP) is 1.27. The van der Waals surface area contributed by atoms with Crippen LogP contribution in [0, 0.1) is 0 Å². The summed E-state index contributed by atoms with van der Waals surface area (Å²) in [6.45, 7) is 5.44. The smallest absolute Gasteiger partial charge is 0.200 e. The van der Waals surface area contributed by atoms with Crippen molar-refractivity contribution in [1.82, 2.24) is 5.09 Å². The summed E-state index contributed by atoms with van der Waals surface area (Å²) in [5.41, 5.74) is -0.0501. The third-order valence-corrected chi connectivity index (χ3v) is 7.31. The van der Waals surface area contributed by atoms with E-state index in [1.165, 1.54) is 0 Å². The third-order valence-electron chi connectivity index (χ3n) is 3.51. The molecule has 1 N–H and O–H groups in total. The summed E-state index contributed by atoms with van der Waals surface area (Å²) in [6.07, 6.45) is -0.212. The number of nitrogens with one attached hydrogen (secondary N) is 1. The molecule has 1 rings (SSSR count). The third kappa shape index (κ3) is 4.75. The van der Waals surface area contributed by atoms with Crippen LogP contribution in [-0.2, 0) is 18.8 Å². The van der Waals surface area contributed by atoms with Crippen molar-refractivity contribution < 1.29 is 18.8 Å². The lowest BCUT2D eigenvalue weighted by atomic mass is 9.92. The van der Waals surface area contributed by atoms with E-state index < -0.39 is 6.49 Å². The van der Waals surface area contributed by atoms with Crippen molar-refractivity contribution in [1.29, 1.82) is 0 Å². The van der Waals surface area contributed by atoms with Crippen LogP contribution in [0.4, 0.5) is 0 Å². The molecule has 0 spiro atoms. The Morgan fingerprint density at radius 1 is 1.40 bits per heavy atom. The summed E-state index contributed by atoms with van der Waals surface area (Å²) in [4.78, 5) is 0. The number of rotatable bonds is 7. The first-order chi connectivity index (χ1) is 9.19. The zero-order valence-corrected chi connectivity index (χ0v) is 15.0. The van der Waals surface area contributed by atoms with Crippen molar-refractivity contribution in [2.45, 2.75) is 63.7 Å². The van der Waals surface area contributed by atoms with E-state index in [2.05, 4.69) is 17.3 Å². The van der Waals surface area contributed by atoms with Crippen molar-refractivity contribution in [3.63, 3.8) is 0 Å². The van der Waals surface area contributed by atoms with Gasteiger partial charge in [0, 0.05) is 12.8 Å². The summed E-state index contributed by atoms with van der Waals surface area (Å²) < 4.78 is 29.5. The SMILES string of the molecule is B[C@@H]1O[C@H](COC(C)C)C(NP(=O)(S)C(C)C)C1OC. The number of thiol groups is 1. The molecule has 1 aliphatic rings. The van der Waals surface area contributed by atoms with E-state index >= 15 is 0 Å². The lowest BCUT2D eigenvalue weighted by Gasteiger charge is -2.29. The van der Waals surface area contributed by atoms with Gasteiger partial charge >= 0.3 is 0 Å². The molecule has 0 aliphatic carbocycles. The molecule has 118 valence electrons. The molecule has 0 radical (unpaired) electrons. The molecule has 0 bridgehead atoms. The molecular formula is C12H27BNO4PS. The average molecular weight is 323 g/mol. The summed E-state index contributed by atoms with van der Waals surface area (Å²) >= 11 is 4.31. The second kappa shape index (κ2) is 7.66. The Bertz CT molecular complexity index is 358. The molecular weight excluding hydrogens is 296 g/mol. The summed E-state index contributed by atoms with van der Waals surface area (Å²) in [5, 5.41) is 3.15. The molecule has 1 saturated heterocycles. The highest BCUT2D eigenvalue weighted by Gasteiger charge is 2.45. The fourth-order valence-electron chi connectivity index (χ4n) is 2.23. The van der Waals surface area contributed by atoms with Crippen molar-refractivity contribution in [2.75, 3.05) is 13.7 Å². The van der Waals surface area contributed by atoms with E-state index in [9.17, 15) is 4.57 Å². The van der Waals surface area contributed by atoms with Crippen LogP contribution in [0.2, 0.25) is 0 Å². The quantitative estimate of drug-likeness (QED) is 0.420. The highest BCUT2D eigenvalue weighted by Crippen LogP contribution is 2.52. The van der Waals surface area contributed by atoms with Crippen LogP contribution in [0.25, 0.3) is 0 Å². The van der Waals surface area contributed by atoms with E-state index in [0.29, 0.717) is 6.61 Å². The van der Waals surface area contributed by atoms with Crippen LogP contribution < -0.4 is 5.09 Å². The first-order valence-electron chi connectivity index (χ1n) is 7.09. The first kappa shape index (κ1) is 18.5. The fourth-order valence-corrected chi connectivity index (χ4v) is 3.67. The van der Waals surface area contributed by atoms with Gasteiger partial charge in [0.15, 0.2) is 0 Å². The monoisotopic (exact) mass is 323 g/mol. The second-order valence-electron chi connectivity index (χ2n) is 5.83. The summed E-state index contributed by atoms with van der Waals surface area (Å²) in [6, 6.07) is -0.252. The molecule has 1 heterocycles. The van der Waals surface area contributed by atoms with Gasteiger partial charge in [-0.3, -0.25) is 9.65 Å². The standard InChI is InChI=1S/C12H27BNO4PS/c1-7(2)17-6-9-10(11(16-5)12(13)18-9)14-19(15,20)8(3)4/h7-12H,6,13H2,1-5H3,(H2,14,15,20)/t9-,10?,11?,12-,19?/m1/s1. The molecule has 0 aromatic heterocycles. The molecule has 3 unspecified atom stereocenters. The normalized spacial score (nSPS) is 33.8. The lowest BCUT2D eigenvalue weighted by Crippen LogP contribution is -2.46. The van der Waals surface area contributed by atoms with Crippen molar-refractivity contribution >= 4 is 26.6 Å². The maximum Gasteiger partial charge on any atom is 0.200 e. The Hall–Kier alpha value is 0.485. The van der Waals surface area contributed by atoms with Gasteiger partial charge in [-0.05, 0) is 13.8 Å². The van der Waals surface area contributed by atoms with Crippen LogP contribution in [0.3, 0.4) is 0 Å². The average Bonchev–Trinajstić information content (AvgIpc) is 2.61. The predicted molar refractivity (Wildman–Crippen MR) is 87.7 cm³/mol. The minimum absolute atomic E-state index is 0.0501. The van der Waals surface area contributed by atoms with Gasteiger partial charge in [-0.1, -0.05) is 26.1 Å². The van der Waals surface area contributed by atoms with Crippen LogP contribution >= 0.6 is 18.7 Å². The second-order valence-corrected chi connectivity index (χ2v) is 10.2. The van der Waals surface area contributed by atoms with Gasteiger partial charge < -0.3 is 14.2 Å². The fraction of sp³-hybridized carbons (Fsp3) is 1.00. The van der Waals surface area contributed by atoms with Crippen molar-refractivity contribution in [3.05, 3.63) is 0 Å². The number of methoxy groups -OCH3 is 1. The van der Waals surface area contributed by atoms with Gasteiger partial charge in [0.1, 0.15) is 7.85 Å². The highest BCUT2D eigenvalue weighted by molar-refractivity contribution is 8.47. The van der Waals surface area contributed by atoms with Crippen molar-refractivity contribution in [3.8, 4) is 0 Å². The molecule has 1 fully saturated rings. The van der Waals surface area contributed by atoms with Crippen LogP contribution in [-0.4, -0.2) is 57.6 Å². The van der Waals surface area contributed by atoms with E-state index in [1.54, 1.807) is 7.11 Å². The van der Waals surface area contributed by atoms with Crippen LogP contribution in [0.15, 0.2) is 0 Å². The van der Waals surface area contributed by atoms with Gasteiger partial charge in [0.2, 0.25) is 6.49 Å². The Morgan fingerprint density at radius 2 is 2.00 bits per heavy atom. The zero-order valence-electron chi connectivity index (χ0n) is 13.2. The Labute approximate surface area is 128 Å². The molecule has 5 atom stereocenters. The zero-order chi connectivity index (χ0) is 15.5. The summed E-state index contributed by atoms with van der Waals surface area (Å²) in [5.74, 6) is 0.